The van der Waals surface area contributed by atoms with Crippen LogP contribution in [-0.2, 0) is 16.0 Å². The third-order valence-electron chi connectivity index (χ3n) is 4.05. The highest BCUT2D eigenvalue weighted by Gasteiger charge is 2.33. The minimum atomic E-state index is -0.664. The van der Waals surface area contributed by atoms with E-state index in [1.54, 1.807) is 32.9 Å². The van der Waals surface area contributed by atoms with E-state index in [-0.39, 0.29) is 12.3 Å². The molecule has 5 nitrogen and oxygen atoms in total. The van der Waals surface area contributed by atoms with Gasteiger partial charge in [-0.2, -0.15) is 0 Å². The monoisotopic (exact) mass is 353 g/mol. The first kappa shape index (κ1) is 18.0. The van der Waals surface area contributed by atoms with Crippen LogP contribution in [-0.4, -0.2) is 17.6 Å². The van der Waals surface area contributed by atoms with E-state index >= 15 is 0 Å². The number of nitrogens with zero attached hydrogens (tertiary/aromatic N) is 1. The van der Waals surface area contributed by atoms with E-state index in [0.29, 0.717) is 17.9 Å². The maximum atomic E-state index is 12.5. The van der Waals surface area contributed by atoms with Crippen LogP contribution < -0.4 is 9.64 Å². The summed E-state index contributed by atoms with van der Waals surface area (Å²) in [6.45, 7) is 7.31. The number of fused-ring (bicyclic) bond motifs is 1. The number of benzene rings is 2. The number of hydrogen-bond donors (Lipinski definition) is 0. The van der Waals surface area contributed by atoms with Gasteiger partial charge in [-0.25, -0.2) is 9.69 Å². The van der Waals surface area contributed by atoms with Gasteiger partial charge in [-0.15, -0.1) is 0 Å². The summed E-state index contributed by atoms with van der Waals surface area (Å²) in [4.78, 5) is 25.9. The molecule has 0 spiro atoms. The Bertz CT molecular complexity index is 851. The zero-order valence-electron chi connectivity index (χ0n) is 15.5. The third-order valence-corrected chi connectivity index (χ3v) is 4.05. The van der Waals surface area contributed by atoms with Crippen LogP contribution in [0.1, 0.15) is 38.3 Å². The quantitative estimate of drug-likeness (QED) is 0.762. The molecule has 5 heteroatoms. The van der Waals surface area contributed by atoms with Crippen molar-refractivity contribution < 1.29 is 19.1 Å². The molecule has 1 aliphatic heterocycles. The first-order chi connectivity index (χ1) is 12.2. The Morgan fingerprint density at radius 1 is 1.08 bits per heavy atom. The molecule has 0 saturated carbocycles. The second-order valence-corrected chi connectivity index (χ2v) is 7.37. The zero-order chi connectivity index (χ0) is 18.9. The summed E-state index contributed by atoms with van der Waals surface area (Å²) < 4.78 is 11.3. The summed E-state index contributed by atoms with van der Waals surface area (Å²) in [6.07, 6.45) is 0.189. The number of imide groups is 1. The van der Waals surface area contributed by atoms with Crippen molar-refractivity contribution in [1.29, 1.82) is 0 Å². The van der Waals surface area contributed by atoms with E-state index in [0.717, 1.165) is 21.8 Å². The maximum Gasteiger partial charge on any atom is 0.421 e. The topological polar surface area (TPSA) is 55.8 Å². The normalized spacial score (nSPS) is 14.0. The Labute approximate surface area is 153 Å². The lowest BCUT2D eigenvalue weighted by atomic mass is 10.0. The minimum Gasteiger partial charge on any atom is -0.457 e. The summed E-state index contributed by atoms with van der Waals surface area (Å²) in [6, 6.07) is 13.2. The number of para-hydroxylation sites is 1. The fraction of sp³-hybridized carbons (Fsp3) is 0.333. The summed E-state index contributed by atoms with van der Waals surface area (Å²) in [5.74, 6) is 1.21. The van der Waals surface area contributed by atoms with Gasteiger partial charge in [0.15, 0.2) is 0 Å². The molecule has 1 aliphatic rings. The molecule has 136 valence electrons. The molecule has 3 rings (SSSR count). The maximum absolute atomic E-state index is 12.5. The standard InChI is InChI=1S/C21H23NO4/c1-14-7-5-6-8-18(14)25-16-10-11-17-15(13-16)9-12-19(23)22(17)20(24)26-21(2,3)4/h5-8,10-11,13H,9,12H2,1-4H3. The molecule has 1 heterocycles. The van der Waals surface area contributed by atoms with Gasteiger partial charge in [-0.05, 0) is 69.5 Å². The summed E-state index contributed by atoms with van der Waals surface area (Å²) >= 11 is 0. The van der Waals surface area contributed by atoms with Crippen molar-refractivity contribution in [3.05, 3.63) is 53.6 Å². The highest BCUT2D eigenvalue weighted by atomic mass is 16.6. The predicted molar refractivity (Wildman–Crippen MR) is 99.7 cm³/mol. The van der Waals surface area contributed by atoms with Gasteiger partial charge in [0.1, 0.15) is 17.1 Å². The predicted octanol–water partition coefficient (Wildman–Crippen LogP) is 5.00. The number of hydrogen-bond acceptors (Lipinski definition) is 4. The van der Waals surface area contributed by atoms with Crippen molar-refractivity contribution >= 4 is 17.7 Å². The SMILES string of the molecule is Cc1ccccc1Oc1ccc2c(c1)CCC(=O)N2C(=O)OC(C)(C)C. The van der Waals surface area contributed by atoms with Crippen molar-refractivity contribution in [3.8, 4) is 11.5 Å². The number of anilines is 1. The van der Waals surface area contributed by atoms with Gasteiger partial charge in [-0.3, -0.25) is 4.79 Å². The number of carbonyl (C=O) groups is 2. The smallest absolute Gasteiger partial charge is 0.421 e. The van der Waals surface area contributed by atoms with Gasteiger partial charge in [-0.1, -0.05) is 18.2 Å². The van der Waals surface area contributed by atoms with Crippen LogP contribution in [0.3, 0.4) is 0 Å². The Hall–Kier alpha value is -2.82. The molecular weight excluding hydrogens is 330 g/mol. The zero-order valence-corrected chi connectivity index (χ0v) is 15.5. The lowest BCUT2D eigenvalue weighted by molar-refractivity contribution is -0.118. The van der Waals surface area contributed by atoms with Crippen molar-refractivity contribution in [2.45, 2.75) is 46.1 Å². The van der Waals surface area contributed by atoms with E-state index in [4.69, 9.17) is 9.47 Å². The second kappa shape index (κ2) is 6.83. The average molecular weight is 353 g/mol. The fourth-order valence-electron chi connectivity index (χ4n) is 2.84. The molecule has 0 bridgehead atoms. The Morgan fingerprint density at radius 3 is 2.50 bits per heavy atom. The molecule has 0 aromatic heterocycles. The number of carbonyl (C=O) groups excluding carboxylic acids is 2. The van der Waals surface area contributed by atoms with Crippen LogP contribution in [0.2, 0.25) is 0 Å². The molecule has 26 heavy (non-hydrogen) atoms. The molecule has 0 unspecified atom stereocenters. The minimum absolute atomic E-state index is 0.251. The molecule has 0 saturated heterocycles. The van der Waals surface area contributed by atoms with Gasteiger partial charge in [0.05, 0.1) is 5.69 Å². The molecule has 2 aromatic carbocycles. The van der Waals surface area contributed by atoms with Gasteiger partial charge in [0.25, 0.3) is 0 Å². The Balaban J connectivity index is 1.88. The largest absolute Gasteiger partial charge is 0.457 e. The van der Waals surface area contributed by atoms with Crippen LogP contribution >= 0.6 is 0 Å². The van der Waals surface area contributed by atoms with Crippen molar-refractivity contribution in [1.82, 2.24) is 0 Å². The molecule has 0 fully saturated rings. The van der Waals surface area contributed by atoms with Gasteiger partial charge in [0.2, 0.25) is 5.91 Å². The number of rotatable bonds is 2. The van der Waals surface area contributed by atoms with E-state index in [9.17, 15) is 9.59 Å². The molecule has 2 aromatic rings. The first-order valence-electron chi connectivity index (χ1n) is 8.67. The Morgan fingerprint density at radius 2 is 1.81 bits per heavy atom. The fourth-order valence-corrected chi connectivity index (χ4v) is 2.84. The molecule has 0 radical (unpaired) electrons. The van der Waals surface area contributed by atoms with E-state index in [2.05, 4.69) is 0 Å². The van der Waals surface area contributed by atoms with E-state index in [1.807, 2.05) is 37.3 Å². The molecule has 0 aliphatic carbocycles. The van der Waals surface area contributed by atoms with E-state index < -0.39 is 11.7 Å². The van der Waals surface area contributed by atoms with Crippen molar-refractivity contribution in [2.24, 2.45) is 0 Å². The summed E-state index contributed by atoms with van der Waals surface area (Å²) in [5.41, 5.74) is 1.83. The highest BCUT2D eigenvalue weighted by Crippen LogP contribution is 2.34. The summed E-state index contributed by atoms with van der Waals surface area (Å²) in [5, 5.41) is 0. The molecule has 0 atom stereocenters. The van der Waals surface area contributed by atoms with Gasteiger partial charge in [0, 0.05) is 6.42 Å². The number of ether oxygens (including phenoxy) is 2. The van der Waals surface area contributed by atoms with Gasteiger partial charge < -0.3 is 9.47 Å². The van der Waals surface area contributed by atoms with Crippen molar-refractivity contribution in [2.75, 3.05) is 4.90 Å². The van der Waals surface area contributed by atoms with Crippen LogP contribution in [0.25, 0.3) is 0 Å². The van der Waals surface area contributed by atoms with Crippen molar-refractivity contribution in [3.63, 3.8) is 0 Å². The first-order valence-corrected chi connectivity index (χ1v) is 8.67. The highest BCUT2D eigenvalue weighted by molar-refractivity contribution is 6.14. The second-order valence-electron chi connectivity index (χ2n) is 7.37. The summed E-state index contributed by atoms with van der Waals surface area (Å²) in [7, 11) is 0. The third kappa shape index (κ3) is 3.87. The average Bonchev–Trinajstić information content (AvgIpc) is 2.55. The van der Waals surface area contributed by atoms with E-state index in [1.165, 1.54) is 0 Å². The van der Waals surface area contributed by atoms with Crippen LogP contribution in [0.15, 0.2) is 42.5 Å². The lowest BCUT2D eigenvalue weighted by Crippen LogP contribution is -2.43. The number of aryl methyl sites for hydroxylation is 2. The molecular formula is C21H23NO4. The van der Waals surface area contributed by atoms with Crippen LogP contribution in [0.5, 0.6) is 11.5 Å². The lowest BCUT2D eigenvalue weighted by Gasteiger charge is -2.30. The van der Waals surface area contributed by atoms with Crippen LogP contribution in [0, 0.1) is 6.92 Å². The number of amides is 2. The van der Waals surface area contributed by atoms with Gasteiger partial charge >= 0.3 is 6.09 Å². The molecule has 0 N–H and O–H groups in total. The van der Waals surface area contributed by atoms with Crippen LogP contribution in [0.4, 0.5) is 10.5 Å². The Kier molecular flexibility index (Phi) is 4.72. The molecule has 2 amide bonds.